The highest BCUT2D eigenvalue weighted by molar-refractivity contribution is 6.32. The summed E-state index contributed by atoms with van der Waals surface area (Å²) in [5.74, 6) is 0.354. The van der Waals surface area contributed by atoms with E-state index in [4.69, 9.17) is 27.9 Å². The Labute approximate surface area is 198 Å². The minimum absolute atomic E-state index is 0.286. The van der Waals surface area contributed by atoms with Crippen molar-refractivity contribution in [3.63, 3.8) is 0 Å². The molecule has 5 heterocycles. The fraction of sp³-hybridized carbons (Fsp3) is 0.300. The van der Waals surface area contributed by atoms with Crippen molar-refractivity contribution in [2.24, 2.45) is 0 Å². The minimum Gasteiger partial charge on any atom is -0.381 e. The van der Waals surface area contributed by atoms with Gasteiger partial charge in [0.15, 0.2) is 16.6 Å². The molecule has 0 unspecified atom stereocenters. The number of anilines is 2. The van der Waals surface area contributed by atoms with Crippen molar-refractivity contribution in [2.75, 3.05) is 23.8 Å². The van der Waals surface area contributed by atoms with Crippen molar-refractivity contribution >= 4 is 46.3 Å². The monoisotopic (exact) mass is 487 g/mol. The first-order chi connectivity index (χ1) is 15.9. The molecular formula is C20H19Cl2N9O2. The van der Waals surface area contributed by atoms with Gasteiger partial charge in [0.05, 0.1) is 46.9 Å². The first kappa shape index (κ1) is 21.6. The van der Waals surface area contributed by atoms with Gasteiger partial charge in [-0.15, -0.1) is 4.80 Å². The number of carbonyl (C=O) groups is 1. The van der Waals surface area contributed by atoms with Crippen LogP contribution in [0.15, 0.2) is 36.9 Å². The quantitative estimate of drug-likeness (QED) is 0.449. The summed E-state index contributed by atoms with van der Waals surface area (Å²) in [6, 6.07) is 2.78. The zero-order valence-electron chi connectivity index (χ0n) is 17.5. The van der Waals surface area contributed by atoms with Crippen molar-refractivity contribution in [1.82, 2.24) is 34.6 Å². The maximum absolute atomic E-state index is 12.9. The van der Waals surface area contributed by atoms with Gasteiger partial charge in [0.1, 0.15) is 0 Å². The van der Waals surface area contributed by atoms with Crippen LogP contribution in [0.25, 0.3) is 11.5 Å². The Bertz CT molecular complexity index is 1320. The van der Waals surface area contributed by atoms with E-state index >= 15 is 0 Å². The van der Waals surface area contributed by atoms with Crippen LogP contribution in [0.4, 0.5) is 16.2 Å². The molecule has 13 heteroatoms. The number of urea groups is 1. The molecule has 4 aromatic heterocycles. The van der Waals surface area contributed by atoms with Gasteiger partial charge in [-0.05, 0) is 18.9 Å². The maximum atomic E-state index is 12.9. The molecule has 2 amide bonds. The molecule has 0 spiro atoms. The van der Waals surface area contributed by atoms with Crippen LogP contribution in [0.5, 0.6) is 0 Å². The molecule has 0 saturated carbocycles. The number of aromatic nitrogens is 7. The molecule has 0 aromatic carbocycles. The lowest BCUT2D eigenvalue weighted by Crippen LogP contribution is -2.34. The van der Waals surface area contributed by atoms with Crippen LogP contribution in [-0.4, -0.2) is 53.8 Å². The van der Waals surface area contributed by atoms with E-state index in [0.29, 0.717) is 41.2 Å². The standard InChI is InChI=1S/C20H19Cl2N9O2/c1-20(2-6-33-7-3-20)17-14(11-23-16-9-15(22)29-30(16)17)28-19(32)27-12-8-13(21)18(24-10-12)31-25-4-5-26-31/h4-5,8-11H,2-3,6-7H2,1H3,(H2,27,28,32). The fourth-order valence-electron chi connectivity index (χ4n) is 3.89. The number of amides is 2. The predicted octanol–water partition coefficient (Wildman–Crippen LogP) is 3.72. The molecule has 1 aliphatic rings. The van der Waals surface area contributed by atoms with Crippen LogP contribution in [0.2, 0.25) is 10.2 Å². The summed E-state index contributed by atoms with van der Waals surface area (Å²) < 4.78 is 7.24. The maximum Gasteiger partial charge on any atom is 0.323 e. The summed E-state index contributed by atoms with van der Waals surface area (Å²) in [5.41, 5.74) is 2.06. The van der Waals surface area contributed by atoms with Gasteiger partial charge in [-0.2, -0.15) is 15.3 Å². The Morgan fingerprint density at radius 1 is 1.09 bits per heavy atom. The normalized spacial score (nSPS) is 15.5. The summed E-state index contributed by atoms with van der Waals surface area (Å²) in [4.78, 5) is 22.8. The average Bonchev–Trinajstić information content (AvgIpc) is 3.43. The van der Waals surface area contributed by atoms with E-state index in [0.717, 1.165) is 18.5 Å². The second kappa shape index (κ2) is 8.58. The molecule has 11 nitrogen and oxygen atoms in total. The Hall–Kier alpha value is -3.28. The third kappa shape index (κ3) is 4.22. The molecule has 170 valence electrons. The van der Waals surface area contributed by atoms with E-state index in [1.54, 1.807) is 22.8 Å². The van der Waals surface area contributed by atoms with Crippen molar-refractivity contribution in [1.29, 1.82) is 0 Å². The highest BCUT2D eigenvalue weighted by atomic mass is 35.5. The fourth-order valence-corrected chi connectivity index (χ4v) is 4.31. The molecule has 0 bridgehead atoms. The lowest BCUT2D eigenvalue weighted by molar-refractivity contribution is 0.0546. The number of hydrogen-bond acceptors (Lipinski definition) is 7. The van der Waals surface area contributed by atoms with Gasteiger partial charge in [-0.25, -0.2) is 19.3 Å². The van der Waals surface area contributed by atoms with Crippen molar-refractivity contribution in [3.05, 3.63) is 52.8 Å². The van der Waals surface area contributed by atoms with E-state index in [-0.39, 0.29) is 10.4 Å². The van der Waals surface area contributed by atoms with Crippen LogP contribution in [-0.2, 0) is 10.2 Å². The number of carbonyl (C=O) groups excluding carboxylic acids is 1. The van der Waals surface area contributed by atoms with Crippen LogP contribution >= 0.6 is 23.2 Å². The van der Waals surface area contributed by atoms with Crippen LogP contribution in [0.3, 0.4) is 0 Å². The predicted molar refractivity (Wildman–Crippen MR) is 122 cm³/mol. The van der Waals surface area contributed by atoms with Crippen molar-refractivity contribution in [3.8, 4) is 5.82 Å². The molecule has 0 radical (unpaired) electrons. The van der Waals surface area contributed by atoms with E-state index in [9.17, 15) is 4.79 Å². The minimum atomic E-state index is -0.478. The highest BCUT2D eigenvalue weighted by Gasteiger charge is 2.35. The number of hydrogen-bond donors (Lipinski definition) is 2. The van der Waals surface area contributed by atoms with Gasteiger partial charge < -0.3 is 15.4 Å². The molecule has 1 aliphatic heterocycles. The Morgan fingerprint density at radius 3 is 2.58 bits per heavy atom. The Balaban J connectivity index is 1.43. The van der Waals surface area contributed by atoms with E-state index < -0.39 is 6.03 Å². The molecule has 5 rings (SSSR count). The summed E-state index contributed by atoms with van der Waals surface area (Å²) in [6.07, 6.45) is 7.66. The first-order valence-corrected chi connectivity index (χ1v) is 10.9. The molecule has 0 aliphatic carbocycles. The largest absolute Gasteiger partial charge is 0.381 e. The van der Waals surface area contributed by atoms with Gasteiger partial charge in [-0.1, -0.05) is 30.1 Å². The lowest BCUT2D eigenvalue weighted by Gasteiger charge is -2.35. The average molecular weight is 488 g/mol. The number of nitrogens with one attached hydrogen (secondary N) is 2. The third-order valence-corrected chi connectivity index (χ3v) is 6.02. The number of fused-ring (bicyclic) bond motifs is 1. The van der Waals surface area contributed by atoms with Crippen molar-refractivity contribution < 1.29 is 9.53 Å². The zero-order valence-corrected chi connectivity index (χ0v) is 19.0. The smallest absolute Gasteiger partial charge is 0.323 e. The van der Waals surface area contributed by atoms with Gasteiger partial charge in [-0.3, -0.25) is 0 Å². The first-order valence-electron chi connectivity index (χ1n) is 10.2. The molecule has 1 saturated heterocycles. The van der Waals surface area contributed by atoms with E-state index in [1.807, 2.05) is 0 Å². The van der Waals surface area contributed by atoms with E-state index in [1.165, 1.54) is 23.4 Å². The van der Waals surface area contributed by atoms with Crippen LogP contribution in [0.1, 0.15) is 25.5 Å². The zero-order chi connectivity index (χ0) is 23.0. The number of halogens is 2. The molecule has 33 heavy (non-hydrogen) atoms. The topological polar surface area (TPSA) is 124 Å². The van der Waals surface area contributed by atoms with Gasteiger partial charge >= 0.3 is 6.03 Å². The second-order valence-corrected chi connectivity index (χ2v) is 8.65. The number of ether oxygens (including phenoxy) is 1. The molecule has 0 atom stereocenters. The van der Waals surface area contributed by atoms with Gasteiger partial charge in [0, 0.05) is 24.7 Å². The highest BCUT2D eigenvalue weighted by Crippen LogP contribution is 2.38. The summed E-state index contributed by atoms with van der Waals surface area (Å²) in [5, 5.41) is 18.7. The summed E-state index contributed by atoms with van der Waals surface area (Å²) >= 11 is 12.4. The van der Waals surface area contributed by atoms with Gasteiger partial charge in [0.25, 0.3) is 0 Å². The lowest BCUT2D eigenvalue weighted by atomic mass is 9.78. The molecular weight excluding hydrogens is 469 g/mol. The Kier molecular flexibility index (Phi) is 5.60. The number of rotatable bonds is 4. The van der Waals surface area contributed by atoms with E-state index in [2.05, 4.69) is 42.8 Å². The van der Waals surface area contributed by atoms with Crippen LogP contribution in [0, 0.1) is 0 Å². The SMILES string of the molecule is CC1(c2c(NC(=O)Nc3cnc(-n4nccn4)c(Cl)c3)cnc3cc(Cl)nn23)CCOCC1. The van der Waals surface area contributed by atoms with Gasteiger partial charge in [0.2, 0.25) is 0 Å². The van der Waals surface area contributed by atoms with Crippen molar-refractivity contribution in [2.45, 2.75) is 25.2 Å². The summed E-state index contributed by atoms with van der Waals surface area (Å²) in [7, 11) is 0. The second-order valence-electron chi connectivity index (χ2n) is 7.86. The molecule has 2 N–H and O–H groups in total. The third-order valence-electron chi connectivity index (χ3n) is 5.56. The Morgan fingerprint density at radius 2 is 1.85 bits per heavy atom. The molecule has 1 fully saturated rings. The summed E-state index contributed by atoms with van der Waals surface area (Å²) in [6.45, 7) is 3.35. The number of nitrogens with zero attached hydrogens (tertiary/aromatic N) is 7. The number of pyridine rings is 1. The van der Waals surface area contributed by atoms with Crippen LogP contribution < -0.4 is 10.6 Å². The molecule has 4 aromatic rings.